The topological polar surface area (TPSA) is 73.9 Å². The molecule has 0 amide bonds. The Morgan fingerprint density at radius 3 is 2.11 bits per heavy atom. The number of rotatable bonds is 3. The van der Waals surface area contributed by atoms with Crippen molar-refractivity contribution in [3.8, 4) is 5.75 Å². The summed E-state index contributed by atoms with van der Waals surface area (Å²) in [6.45, 7) is 5.48. The van der Waals surface area contributed by atoms with Gasteiger partial charge in [-0.15, -0.1) is 0 Å². The van der Waals surface area contributed by atoms with Gasteiger partial charge in [-0.2, -0.15) is 0 Å². The van der Waals surface area contributed by atoms with E-state index in [1.165, 1.54) is 14.2 Å². The van der Waals surface area contributed by atoms with E-state index in [0.29, 0.717) is 22.5 Å². The Labute approximate surface area is 158 Å². The number of methoxy groups -OCH3 is 2. The number of ether oxygens (including phenoxy) is 3. The third kappa shape index (κ3) is 3.23. The molecular formula is C21H23NO5. The van der Waals surface area contributed by atoms with Gasteiger partial charge in [-0.05, 0) is 38.5 Å². The highest BCUT2D eigenvalue weighted by atomic mass is 16.5. The summed E-state index contributed by atoms with van der Waals surface area (Å²) in [7, 11) is 2.65. The molecule has 0 bridgehead atoms. The van der Waals surface area contributed by atoms with E-state index in [0.717, 1.165) is 16.9 Å². The monoisotopic (exact) mass is 369 g/mol. The van der Waals surface area contributed by atoms with Gasteiger partial charge >= 0.3 is 11.9 Å². The van der Waals surface area contributed by atoms with Crippen molar-refractivity contribution >= 4 is 18.0 Å². The summed E-state index contributed by atoms with van der Waals surface area (Å²) < 4.78 is 16.1. The van der Waals surface area contributed by atoms with Crippen LogP contribution >= 0.6 is 0 Å². The number of esters is 2. The Balaban J connectivity index is 2.23. The zero-order chi connectivity index (χ0) is 19.7. The molecule has 0 aromatic heterocycles. The van der Waals surface area contributed by atoms with Crippen LogP contribution in [0.3, 0.4) is 0 Å². The fourth-order valence-corrected chi connectivity index (χ4v) is 3.67. The van der Waals surface area contributed by atoms with Crippen LogP contribution in [0.15, 0.2) is 52.4 Å². The molecule has 1 atom stereocenters. The van der Waals surface area contributed by atoms with Crippen LogP contribution in [0.25, 0.3) is 6.08 Å². The Morgan fingerprint density at radius 2 is 1.56 bits per heavy atom. The summed E-state index contributed by atoms with van der Waals surface area (Å²) >= 11 is 0. The van der Waals surface area contributed by atoms with Crippen LogP contribution in [0.4, 0.5) is 0 Å². The summed E-state index contributed by atoms with van der Waals surface area (Å²) in [5, 5.41) is 3.10. The summed E-state index contributed by atoms with van der Waals surface area (Å²) in [5.41, 5.74) is 3.74. The van der Waals surface area contributed by atoms with Gasteiger partial charge in [-0.25, -0.2) is 9.59 Å². The lowest BCUT2D eigenvalue weighted by Crippen LogP contribution is -2.37. The molecule has 0 radical (unpaired) electrons. The summed E-state index contributed by atoms with van der Waals surface area (Å²) in [6, 6.07) is 7.65. The molecule has 6 nitrogen and oxygen atoms in total. The molecule has 1 aromatic carbocycles. The first kappa shape index (κ1) is 18.8. The summed E-state index contributed by atoms with van der Waals surface area (Å²) in [4.78, 5) is 25.2. The molecule has 0 saturated heterocycles. The quantitative estimate of drug-likeness (QED) is 0.826. The third-order valence-electron chi connectivity index (χ3n) is 4.92. The number of hydrogen-bond donors (Lipinski definition) is 1. The average molecular weight is 369 g/mol. The molecule has 2 aliphatic rings. The molecule has 2 heterocycles. The standard InChI is InChI=1S/C21H23NO5/c1-11-17(20(23)25-4)19(18(12(2)22-11)21(24)26-5)15-10-14-8-6-7-9-16(14)27-13(15)3/h6-10,13,19,22H,1-5H3/t13-/m0/s1. The first-order valence-electron chi connectivity index (χ1n) is 8.71. The van der Waals surface area contributed by atoms with E-state index < -0.39 is 17.9 Å². The molecule has 0 saturated carbocycles. The molecule has 142 valence electrons. The van der Waals surface area contributed by atoms with Gasteiger partial charge in [0, 0.05) is 17.0 Å². The van der Waals surface area contributed by atoms with Crippen LogP contribution in [0.1, 0.15) is 26.3 Å². The van der Waals surface area contributed by atoms with Crippen LogP contribution in [0.2, 0.25) is 0 Å². The Morgan fingerprint density at radius 1 is 1.00 bits per heavy atom. The number of benzene rings is 1. The van der Waals surface area contributed by atoms with Gasteiger partial charge in [0.05, 0.1) is 31.3 Å². The molecule has 6 heteroatoms. The first-order chi connectivity index (χ1) is 12.9. The molecular weight excluding hydrogens is 346 g/mol. The maximum atomic E-state index is 12.6. The fraction of sp³-hybridized carbons (Fsp3) is 0.333. The van der Waals surface area contributed by atoms with E-state index in [1.54, 1.807) is 13.8 Å². The number of allylic oxidation sites excluding steroid dienone is 2. The molecule has 0 fully saturated rings. The molecule has 0 spiro atoms. The number of nitrogens with one attached hydrogen (secondary N) is 1. The van der Waals surface area contributed by atoms with E-state index in [-0.39, 0.29) is 6.10 Å². The van der Waals surface area contributed by atoms with Crippen molar-refractivity contribution in [1.29, 1.82) is 0 Å². The van der Waals surface area contributed by atoms with Gasteiger partial charge in [0.15, 0.2) is 0 Å². The van der Waals surface area contributed by atoms with Gasteiger partial charge in [0.25, 0.3) is 0 Å². The van der Waals surface area contributed by atoms with Gasteiger partial charge in [-0.1, -0.05) is 18.2 Å². The minimum absolute atomic E-state index is 0.331. The first-order valence-corrected chi connectivity index (χ1v) is 8.71. The van der Waals surface area contributed by atoms with Crippen molar-refractivity contribution < 1.29 is 23.8 Å². The number of para-hydroxylation sites is 1. The van der Waals surface area contributed by atoms with E-state index >= 15 is 0 Å². The van der Waals surface area contributed by atoms with Crippen LogP contribution < -0.4 is 10.1 Å². The number of dihydropyridines is 1. The predicted molar refractivity (Wildman–Crippen MR) is 101 cm³/mol. The minimum Gasteiger partial charge on any atom is -0.486 e. The summed E-state index contributed by atoms with van der Waals surface area (Å²) in [5.74, 6) is -0.838. The molecule has 0 aliphatic carbocycles. The highest BCUT2D eigenvalue weighted by molar-refractivity contribution is 5.99. The second-order valence-corrected chi connectivity index (χ2v) is 6.56. The van der Waals surface area contributed by atoms with Crippen LogP contribution in [-0.4, -0.2) is 32.3 Å². The Kier molecular flexibility index (Phi) is 5.08. The van der Waals surface area contributed by atoms with Crippen molar-refractivity contribution in [1.82, 2.24) is 5.32 Å². The molecule has 27 heavy (non-hydrogen) atoms. The lowest BCUT2D eigenvalue weighted by atomic mass is 9.77. The second kappa shape index (κ2) is 7.31. The van der Waals surface area contributed by atoms with E-state index in [2.05, 4.69) is 5.32 Å². The third-order valence-corrected chi connectivity index (χ3v) is 4.92. The van der Waals surface area contributed by atoms with Crippen molar-refractivity contribution in [2.24, 2.45) is 5.92 Å². The van der Waals surface area contributed by atoms with Gasteiger partial charge in [0.2, 0.25) is 0 Å². The van der Waals surface area contributed by atoms with Gasteiger partial charge in [-0.3, -0.25) is 0 Å². The highest BCUT2D eigenvalue weighted by Crippen LogP contribution is 2.42. The van der Waals surface area contributed by atoms with Crippen molar-refractivity contribution in [3.63, 3.8) is 0 Å². The SMILES string of the molecule is COC(=O)C1=C(C)NC(C)=C(C(=O)OC)C1C1=Cc2ccccc2O[C@H]1C. The fourth-order valence-electron chi connectivity index (χ4n) is 3.67. The Hall–Kier alpha value is -3.02. The number of carbonyl (C=O) groups is 2. The largest absolute Gasteiger partial charge is 0.486 e. The van der Waals surface area contributed by atoms with Crippen LogP contribution in [-0.2, 0) is 19.1 Å². The molecule has 3 rings (SSSR count). The van der Waals surface area contributed by atoms with Gasteiger partial charge < -0.3 is 19.5 Å². The maximum absolute atomic E-state index is 12.6. The molecule has 0 unspecified atom stereocenters. The van der Waals surface area contributed by atoms with E-state index in [1.807, 2.05) is 37.3 Å². The molecule has 2 aliphatic heterocycles. The summed E-state index contributed by atoms with van der Waals surface area (Å²) in [6.07, 6.45) is 1.65. The van der Waals surface area contributed by atoms with Crippen LogP contribution in [0, 0.1) is 5.92 Å². The lowest BCUT2D eigenvalue weighted by Gasteiger charge is -2.35. The maximum Gasteiger partial charge on any atom is 0.336 e. The lowest BCUT2D eigenvalue weighted by molar-refractivity contribution is -0.137. The molecule has 1 N–H and O–H groups in total. The number of hydrogen-bond acceptors (Lipinski definition) is 6. The zero-order valence-corrected chi connectivity index (χ0v) is 16.1. The Bertz CT molecular complexity index is 856. The minimum atomic E-state index is -0.616. The van der Waals surface area contributed by atoms with Crippen LogP contribution in [0.5, 0.6) is 5.75 Å². The smallest absolute Gasteiger partial charge is 0.336 e. The highest BCUT2D eigenvalue weighted by Gasteiger charge is 2.41. The van der Waals surface area contributed by atoms with E-state index in [4.69, 9.17) is 14.2 Å². The predicted octanol–water partition coefficient (Wildman–Crippen LogP) is 2.96. The van der Waals surface area contributed by atoms with Crippen molar-refractivity contribution in [2.45, 2.75) is 26.9 Å². The zero-order valence-electron chi connectivity index (χ0n) is 16.1. The van der Waals surface area contributed by atoms with Crippen molar-refractivity contribution in [2.75, 3.05) is 14.2 Å². The molecule has 1 aromatic rings. The number of fused-ring (bicyclic) bond motifs is 1. The van der Waals surface area contributed by atoms with Gasteiger partial charge in [0.1, 0.15) is 11.9 Å². The second-order valence-electron chi connectivity index (χ2n) is 6.56. The van der Waals surface area contributed by atoms with Crippen molar-refractivity contribution in [3.05, 3.63) is 57.9 Å². The normalized spacial score (nSPS) is 19.6. The van der Waals surface area contributed by atoms with E-state index in [9.17, 15) is 9.59 Å². The number of carbonyl (C=O) groups excluding carboxylic acids is 2. The average Bonchev–Trinajstić information content (AvgIpc) is 2.65.